The lowest BCUT2D eigenvalue weighted by Crippen LogP contribution is -2.22. The second-order valence-corrected chi connectivity index (χ2v) is 3.90. The molecular formula is C8H12BrN3O. The summed E-state index contributed by atoms with van der Waals surface area (Å²) < 4.78 is 0. The standard InChI is InChI=1S/C8H12BrN3O/c1-3-6(9)8(13)11-7-5(2)4-10-12-7/h4,6H,3H2,1-2H3,(H2,10,11,12,13). The lowest BCUT2D eigenvalue weighted by atomic mass is 10.3. The van der Waals surface area contributed by atoms with Crippen molar-refractivity contribution in [3.8, 4) is 0 Å². The molecule has 0 spiro atoms. The van der Waals surface area contributed by atoms with Crippen LogP contribution in [0.1, 0.15) is 18.9 Å². The van der Waals surface area contributed by atoms with Gasteiger partial charge in [0.1, 0.15) is 5.82 Å². The van der Waals surface area contributed by atoms with Gasteiger partial charge in [-0.15, -0.1) is 0 Å². The van der Waals surface area contributed by atoms with Gasteiger partial charge in [-0.3, -0.25) is 9.89 Å². The summed E-state index contributed by atoms with van der Waals surface area (Å²) in [6.07, 6.45) is 2.43. The van der Waals surface area contributed by atoms with Crippen LogP contribution in [0, 0.1) is 6.92 Å². The van der Waals surface area contributed by atoms with Crippen LogP contribution in [-0.2, 0) is 4.79 Å². The number of aryl methyl sites for hydroxylation is 1. The number of nitrogens with one attached hydrogen (secondary N) is 2. The lowest BCUT2D eigenvalue weighted by molar-refractivity contribution is -0.115. The summed E-state index contributed by atoms with van der Waals surface area (Å²) in [5, 5.41) is 9.25. The first kappa shape index (κ1) is 10.2. The molecule has 0 aliphatic heterocycles. The highest BCUT2D eigenvalue weighted by Gasteiger charge is 2.13. The molecule has 0 aliphatic rings. The number of alkyl halides is 1. The third-order valence-electron chi connectivity index (χ3n) is 1.72. The van der Waals surface area contributed by atoms with E-state index in [2.05, 4.69) is 31.4 Å². The second kappa shape index (κ2) is 4.41. The number of hydrogen-bond donors (Lipinski definition) is 2. The molecule has 1 aromatic heterocycles. The number of amides is 1. The number of rotatable bonds is 3. The van der Waals surface area contributed by atoms with Crippen molar-refractivity contribution in [1.29, 1.82) is 0 Å². The first-order valence-corrected chi connectivity index (χ1v) is 5.01. The fourth-order valence-corrected chi connectivity index (χ4v) is 0.974. The van der Waals surface area contributed by atoms with Crippen LogP contribution in [0.15, 0.2) is 6.20 Å². The van der Waals surface area contributed by atoms with Gasteiger partial charge in [0.15, 0.2) is 0 Å². The molecule has 2 N–H and O–H groups in total. The molecule has 0 radical (unpaired) electrons. The van der Waals surface area contributed by atoms with Crippen molar-refractivity contribution in [2.24, 2.45) is 0 Å². The van der Waals surface area contributed by atoms with Gasteiger partial charge in [-0.2, -0.15) is 5.10 Å². The van der Waals surface area contributed by atoms with Crippen molar-refractivity contribution in [1.82, 2.24) is 10.2 Å². The van der Waals surface area contributed by atoms with Gasteiger partial charge in [-0.25, -0.2) is 0 Å². The molecule has 0 saturated carbocycles. The largest absolute Gasteiger partial charge is 0.310 e. The van der Waals surface area contributed by atoms with Gasteiger partial charge < -0.3 is 5.32 Å². The Balaban J connectivity index is 2.60. The summed E-state index contributed by atoms with van der Waals surface area (Å²) in [5.41, 5.74) is 0.934. The van der Waals surface area contributed by atoms with E-state index in [4.69, 9.17) is 0 Å². The molecule has 1 rings (SSSR count). The average Bonchev–Trinajstić information content (AvgIpc) is 2.50. The molecule has 1 heterocycles. The van der Waals surface area contributed by atoms with Crippen LogP contribution in [-0.4, -0.2) is 20.9 Å². The lowest BCUT2D eigenvalue weighted by Gasteiger charge is -2.06. The van der Waals surface area contributed by atoms with Crippen LogP contribution in [0.25, 0.3) is 0 Å². The van der Waals surface area contributed by atoms with Gasteiger partial charge in [0.2, 0.25) is 5.91 Å². The number of aromatic nitrogens is 2. The highest BCUT2D eigenvalue weighted by Crippen LogP contribution is 2.12. The zero-order valence-corrected chi connectivity index (χ0v) is 9.18. The molecule has 4 nitrogen and oxygen atoms in total. The average molecular weight is 246 g/mol. The minimum atomic E-state index is -0.143. The zero-order chi connectivity index (χ0) is 9.84. The molecule has 5 heteroatoms. The number of H-pyrrole nitrogens is 1. The molecule has 0 bridgehead atoms. The molecule has 13 heavy (non-hydrogen) atoms. The monoisotopic (exact) mass is 245 g/mol. The fraction of sp³-hybridized carbons (Fsp3) is 0.500. The van der Waals surface area contributed by atoms with Crippen molar-refractivity contribution in [2.75, 3.05) is 5.32 Å². The molecule has 1 unspecified atom stereocenters. The summed E-state index contributed by atoms with van der Waals surface area (Å²) in [5.74, 6) is 0.623. The Hall–Kier alpha value is -0.840. The van der Waals surface area contributed by atoms with Gasteiger partial charge in [-0.05, 0) is 13.3 Å². The third-order valence-corrected chi connectivity index (χ3v) is 2.78. The fourth-order valence-electron chi connectivity index (χ4n) is 0.860. The smallest absolute Gasteiger partial charge is 0.239 e. The number of aromatic amines is 1. The van der Waals surface area contributed by atoms with Crippen LogP contribution in [0.5, 0.6) is 0 Å². The van der Waals surface area contributed by atoms with Crippen LogP contribution >= 0.6 is 15.9 Å². The SMILES string of the molecule is CCC(Br)C(=O)Nc1[nH]ncc1C. The summed E-state index contributed by atoms with van der Waals surface area (Å²) >= 11 is 3.27. The van der Waals surface area contributed by atoms with E-state index in [1.54, 1.807) is 6.20 Å². The van der Waals surface area contributed by atoms with Gasteiger partial charge in [0.05, 0.1) is 11.0 Å². The number of nitrogens with zero attached hydrogens (tertiary/aromatic N) is 1. The number of carbonyl (C=O) groups excluding carboxylic acids is 1. The Morgan fingerprint density at radius 1 is 1.85 bits per heavy atom. The van der Waals surface area contributed by atoms with Crippen molar-refractivity contribution >= 4 is 27.7 Å². The molecule has 1 atom stereocenters. The van der Waals surface area contributed by atoms with Crippen molar-refractivity contribution in [2.45, 2.75) is 25.1 Å². The van der Waals surface area contributed by atoms with Crippen molar-refractivity contribution < 1.29 is 4.79 Å². The summed E-state index contributed by atoms with van der Waals surface area (Å²) in [4.78, 5) is 11.2. The van der Waals surface area contributed by atoms with Gasteiger partial charge in [0.25, 0.3) is 0 Å². The van der Waals surface area contributed by atoms with Crippen molar-refractivity contribution in [3.63, 3.8) is 0 Å². The maximum Gasteiger partial charge on any atom is 0.239 e. The van der Waals surface area contributed by atoms with E-state index in [1.165, 1.54) is 0 Å². The Labute approximate surface area is 85.2 Å². The van der Waals surface area contributed by atoms with E-state index >= 15 is 0 Å². The van der Waals surface area contributed by atoms with Crippen LogP contribution in [0.2, 0.25) is 0 Å². The van der Waals surface area contributed by atoms with Gasteiger partial charge >= 0.3 is 0 Å². The van der Waals surface area contributed by atoms with E-state index in [1.807, 2.05) is 13.8 Å². The van der Waals surface area contributed by atoms with Gasteiger partial charge in [-0.1, -0.05) is 22.9 Å². The number of halogens is 1. The molecule has 0 saturated heterocycles. The molecular weight excluding hydrogens is 234 g/mol. The van der Waals surface area contributed by atoms with E-state index in [0.29, 0.717) is 5.82 Å². The zero-order valence-electron chi connectivity index (χ0n) is 7.60. The topological polar surface area (TPSA) is 57.8 Å². The summed E-state index contributed by atoms with van der Waals surface area (Å²) in [6, 6.07) is 0. The van der Waals surface area contributed by atoms with E-state index < -0.39 is 0 Å². The Bertz CT molecular complexity index is 297. The minimum absolute atomic E-state index is 0.0464. The van der Waals surface area contributed by atoms with Crippen molar-refractivity contribution in [3.05, 3.63) is 11.8 Å². The highest BCUT2D eigenvalue weighted by molar-refractivity contribution is 9.10. The van der Waals surface area contributed by atoms with Gasteiger partial charge in [0, 0.05) is 5.56 Å². The van der Waals surface area contributed by atoms with Crippen LogP contribution in [0.3, 0.4) is 0 Å². The quantitative estimate of drug-likeness (QED) is 0.799. The maximum absolute atomic E-state index is 11.4. The summed E-state index contributed by atoms with van der Waals surface area (Å²) in [6.45, 7) is 3.83. The van der Waals surface area contributed by atoms with E-state index in [0.717, 1.165) is 12.0 Å². The Morgan fingerprint density at radius 3 is 3.00 bits per heavy atom. The van der Waals surface area contributed by atoms with E-state index in [9.17, 15) is 4.79 Å². The summed E-state index contributed by atoms with van der Waals surface area (Å²) in [7, 11) is 0. The minimum Gasteiger partial charge on any atom is -0.310 e. The number of carbonyl (C=O) groups is 1. The molecule has 0 aliphatic carbocycles. The first-order chi connectivity index (χ1) is 6.15. The molecule has 0 aromatic carbocycles. The Morgan fingerprint density at radius 2 is 2.54 bits per heavy atom. The maximum atomic E-state index is 11.4. The number of hydrogen-bond acceptors (Lipinski definition) is 2. The molecule has 0 fully saturated rings. The van der Waals surface area contributed by atoms with E-state index in [-0.39, 0.29) is 10.7 Å². The van der Waals surface area contributed by atoms with Crippen LogP contribution in [0.4, 0.5) is 5.82 Å². The second-order valence-electron chi connectivity index (χ2n) is 2.79. The number of anilines is 1. The normalized spacial score (nSPS) is 12.5. The molecule has 1 amide bonds. The first-order valence-electron chi connectivity index (χ1n) is 4.10. The highest BCUT2D eigenvalue weighted by atomic mass is 79.9. The van der Waals surface area contributed by atoms with Crippen LogP contribution < -0.4 is 5.32 Å². The predicted octanol–water partition coefficient (Wildman–Crippen LogP) is 1.83. The Kier molecular flexibility index (Phi) is 3.48. The third kappa shape index (κ3) is 2.55. The molecule has 72 valence electrons. The molecule has 1 aromatic rings. The predicted molar refractivity (Wildman–Crippen MR) is 55.0 cm³/mol.